The van der Waals surface area contributed by atoms with Gasteiger partial charge in [0.25, 0.3) is 5.91 Å². The van der Waals surface area contributed by atoms with E-state index in [0.717, 1.165) is 45.2 Å². The third-order valence-electron chi connectivity index (χ3n) is 5.73. The third-order valence-corrected chi connectivity index (χ3v) is 6.58. The zero-order chi connectivity index (χ0) is 24.2. The minimum Gasteiger partial charge on any atom is -0.494 e. The van der Waals surface area contributed by atoms with Crippen molar-refractivity contribution in [3.05, 3.63) is 93.2 Å². The smallest absolute Gasteiger partial charge is 0.251 e. The largest absolute Gasteiger partial charge is 0.494 e. The highest BCUT2D eigenvalue weighted by Crippen LogP contribution is 2.26. The van der Waals surface area contributed by atoms with Crippen molar-refractivity contribution in [3.8, 4) is 5.75 Å². The summed E-state index contributed by atoms with van der Waals surface area (Å²) in [5.74, 6) is 1.46. The maximum absolute atomic E-state index is 12.7. The lowest BCUT2D eigenvalue weighted by atomic mass is 10.1. The van der Waals surface area contributed by atoms with Gasteiger partial charge < -0.3 is 14.6 Å². The second kappa shape index (κ2) is 10.5. The van der Waals surface area contributed by atoms with Gasteiger partial charge in [-0.3, -0.25) is 4.79 Å². The molecule has 0 radical (unpaired) electrons. The molecular weight excluding hydrogens is 469 g/mol. The molecule has 0 fully saturated rings. The zero-order valence-electron chi connectivity index (χ0n) is 19.4. The molecular formula is C27H27Cl2N3O2. The predicted molar refractivity (Wildman–Crippen MR) is 138 cm³/mol. The fraction of sp³-hybridized carbons (Fsp3) is 0.259. The number of imidazole rings is 1. The van der Waals surface area contributed by atoms with E-state index in [1.807, 2.05) is 57.2 Å². The minimum absolute atomic E-state index is 0.167. The second-order valence-electron chi connectivity index (χ2n) is 8.39. The number of carbonyl (C=O) groups excluding carboxylic acids is 1. The molecule has 5 nitrogen and oxygen atoms in total. The molecule has 4 rings (SSSR count). The van der Waals surface area contributed by atoms with Gasteiger partial charge in [0.15, 0.2) is 0 Å². The van der Waals surface area contributed by atoms with E-state index in [-0.39, 0.29) is 11.9 Å². The average Bonchev–Trinajstić information content (AvgIpc) is 3.19. The van der Waals surface area contributed by atoms with Crippen LogP contribution in [0.4, 0.5) is 0 Å². The van der Waals surface area contributed by atoms with Crippen LogP contribution in [0, 0.1) is 13.8 Å². The number of nitrogens with zero attached hydrogens (tertiary/aromatic N) is 2. The first-order valence-corrected chi connectivity index (χ1v) is 12.0. The Kier molecular flexibility index (Phi) is 7.44. The summed E-state index contributed by atoms with van der Waals surface area (Å²) >= 11 is 12.2. The van der Waals surface area contributed by atoms with Gasteiger partial charge in [0.05, 0.1) is 23.7 Å². The minimum atomic E-state index is -0.280. The molecule has 1 aromatic heterocycles. The van der Waals surface area contributed by atoms with E-state index in [1.54, 1.807) is 24.3 Å². The van der Waals surface area contributed by atoms with Crippen LogP contribution in [0.3, 0.4) is 0 Å². The van der Waals surface area contributed by atoms with Crippen molar-refractivity contribution in [2.24, 2.45) is 0 Å². The van der Waals surface area contributed by atoms with E-state index in [9.17, 15) is 4.79 Å². The number of fused-ring (bicyclic) bond motifs is 1. The number of nitrogens with one attached hydrogen (secondary N) is 1. The van der Waals surface area contributed by atoms with Crippen molar-refractivity contribution in [3.63, 3.8) is 0 Å². The fourth-order valence-electron chi connectivity index (χ4n) is 4.01. The molecule has 176 valence electrons. The van der Waals surface area contributed by atoms with Gasteiger partial charge in [0, 0.05) is 22.2 Å². The first-order valence-electron chi connectivity index (χ1n) is 11.2. The number of ether oxygens (including phenoxy) is 1. The van der Waals surface area contributed by atoms with Gasteiger partial charge in [-0.1, -0.05) is 35.3 Å². The second-order valence-corrected chi connectivity index (χ2v) is 9.20. The van der Waals surface area contributed by atoms with Crippen molar-refractivity contribution in [1.82, 2.24) is 14.9 Å². The molecule has 0 aliphatic carbocycles. The van der Waals surface area contributed by atoms with Crippen LogP contribution < -0.4 is 10.1 Å². The molecule has 1 unspecified atom stereocenters. The SMILES string of the molecule is Cc1cc(OCCCn2c(C(C)NC(=O)c3ccc(Cl)cc3)nc3ccccc32)cc(C)c1Cl. The monoisotopic (exact) mass is 495 g/mol. The number of benzene rings is 3. The van der Waals surface area contributed by atoms with Crippen LogP contribution in [0.1, 0.15) is 46.7 Å². The highest BCUT2D eigenvalue weighted by molar-refractivity contribution is 6.32. The lowest BCUT2D eigenvalue weighted by Gasteiger charge is -2.17. The van der Waals surface area contributed by atoms with Crippen LogP contribution in [-0.4, -0.2) is 22.1 Å². The Hall–Kier alpha value is -3.02. The quantitative estimate of drug-likeness (QED) is 0.270. The van der Waals surface area contributed by atoms with Gasteiger partial charge >= 0.3 is 0 Å². The Morgan fingerprint density at radius 3 is 2.44 bits per heavy atom. The van der Waals surface area contributed by atoms with Gasteiger partial charge in [-0.25, -0.2) is 4.98 Å². The number of carbonyl (C=O) groups is 1. The Morgan fingerprint density at radius 1 is 1.06 bits per heavy atom. The molecule has 1 N–H and O–H groups in total. The van der Waals surface area contributed by atoms with Crippen molar-refractivity contribution in [1.29, 1.82) is 0 Å². The maximum Gasteiger partial charge on any atom is 0.251 e. The van der Waals surface area contributed by atoms with Crippen molar-refractivity contribution in [2.45, 2.75) is 39.8 Å². The summed E-state index contributed by atoms with van der Waals surface area (Å²) in [5.41, 5.74) is 4.49. The van der Waals surface area contributed by atoms with Crippen LogP contribution in [0.2, 0.25) is 10.0 Å². The molecule has 3 aromatic carbocycles. The summed E-state index contributed by atoms with van der Waals surface area (Å²) in [6.07, 6.45) is 0.784. The summed E-state index contributed by atoms with van der Waals surface area (Å²) in [6, 6.07) is 18.5. The number of aromatic nitrogens is 2. The Balaban J connectivity index is 1.47. The normalized spacial score (nSPS) is 12.0. The van der Waals surface area contributed by atoms with E-state index < -0.39 is 0 Å². The average molecular weight is 496 g/mol. The van der Waals surface area contributed by atoms with E-state index in [2.05, 4.69) is 9.88 Å². The van der Waals surface area contributed by atoms with Crippen LogP contribution in [0.5, 0.6) is 5.75 Å². The molecule has 7 heteroatoms. The molecule has 0 saturated carbocycles. The Morgan fingerprint density at radius 2 is 1.74 bits per heavy atom. The molecule has 0 saturated heterocycles. The molecule has 0 aliphatic rings. The fourth-order valence-corrected chi connectivity index (χ4v) is 4.24. The molecule has 1 atom stereocenters. The van der Waals surface area contributed by atoms with Crippen molar-refractivity contribution < 1.29 is 9.53 Å². The summed E-state index contributed by atoms with van der Waals surface area (Å²) in [4.78, 5) is 17.6. The predicted octanol–water partition coefficient (Wildman–Crippen LogP) is 6.92. The third kappa shape index (κ3) is 5.37. The van der Waals surface area contributed by atoms with Gasteiger partial charge in [0.2, 0.25) is 0 Å². The molecule has 0 bridgehead atoms. The van der Waals surface area contributed by atoms with Crippen LogP contribution in [0.15, 0.2) is 60.7 Å². The summed E-state index contributed by atoms with van der Waals surface area (Å²) in [7, 11) is 0. The van der Waals surface area contributed by atoms with Gasteiger partial charge in [-0.2, -0.15) is 0 Å². The molecule has 1 heterocycles. The zero-order valence-corrected chi connectivity index (χ0v) is 21.0. The van der Waals surface area contributed by atoms with Crippen LogP contribution in [0.25, 0.3) is 11.0 Å². The van der Waals surface area contributed by atoms with E-state index in [4.69, 9.17) is 32.9 Å². The topological polar surface area (TPSA) is 56.1 Å². The Bertz CT molecular complexity index is 1290. The van der Waals surface area contributed by atoms with Gasteiger partial charge in [-0.15, -0.1) is 0 Å². The van der Waals surface area contributed by atoms with E-state index in [1.165, 1.54) is 0 Å². The number of hydrogen-bond acceptors (Lipinski definition) is 3. The number of hydrogen-bond donors (Lipinski definition) is 1. The molecule has 4 aromatic rings. The van der Waals surface area contributed by atoms with Crippen molar-refractivity contribution >= 4 is 40.1 Å². The molecule has 34 heavy (non-hydrogen) atoms. The molecule has 0 spiro atoms. The maximum atomic E-state index is 12.7. The standard InChI is InChI=1S/C27H27Cl2N3O2/c1-17-15-22(16-18(2)25(17)29)34-14-6-13-32-24-8-5-4-7-23(24)31-26(32)19(3)30-27(33)20-9-11-21(28)12-10-20/h4-5,7-12,15-16,19H,6,13-14H2,1-3H3,(H,30,33). The first kappa shape index (κ1) is 24.1. The van der Waals surface area contributed by atoms with E-state index in [0.29, 0.717) is 23.7 Å². The summed E-state index contributed by atoms with van der Waals surface area (Å²) < 4.78 is 8.15. The lowest BCUT2D eigenvalue weighted by Crippen LogP contribution is -2.28. The highest BCUT2D eigenvalue weighted by atomic mass is 35.5. The van der Waals surface area contributed by atoms with Crippen LogP contribution in [-0.2, 0) is 6.54 Å². The van der Waals surface area contributed by atoms with Gasteiger partial charge in [-0.05, 0) is 86.8 Å². The summed E-state index contributed by atoms with van der Waals surface area (Å²) in [5, 5.41) is 4.43. The Labute approximate surface area is 209 Å². The first-order chi connectivity index (χ1) is 16.3. The lowest BCUT2D eigenvalue weighted by molar-refractivity contribution is 0.0937. The van der Waals surface area contributed by atoms with Gasteiger partial charge in [0.1, 0.15) is 11.6 Å². The number of amides is 1. The number of aryl methyl sites for hydroxylation is 3. The highest BCUT2D eigenvalue weighted by Gasteiger charge is 2.19. The molecule has 0 aliphatic heterocycles. The van der Waals surface area contributed by atoms with E-state index >= 15 is 0 Å². The number of para-hydroxylation sites is 2. The van der Waals surface area contributed by atoms with Crippen molar-refractivity contribution in [2.75, 3.05) is 6.61 Å². The number of halogens is 2. The van der Waals surface area contributed by atoms with Crippen LogP contribution >= 0.6 is 23.2 Å². The summed E-state index contributed by atoms with van der Waals surface area (Å²) in [6.45, 7) is 7.17. The number of rotatable bonds is 8. The molecule has 1 amide bonds.